The number of methoxy groups -OCH3 is 1. The van der Waals surface area contributed by atoms with Crippen LogP contribution in [0.3, 0.4) is 0 Å². The molecule has 3 amide bonds. The van der Waals surface area contributed by atoms with Gasteiger partial charge in [0.1, 0.15) is 0 Å². The number of benzene rings is 3. The number of ether oxygens (including phenoxy) is 2. The van der Waals surface area contributed by atoms with E-state index in [0.717, 1.165) is 16.7 Å². The van der Waals surface area contributed by atoms with Gasteiger partial charge in [-0.05, 0) is 65.4 Å². The van der Waals surface area contributed by atoms with Crippen molar-refractivity contribution in [3.8, 4) is 11.5 Å². The van der Waals surface area contributed by atoms with Crippen molar-refractivity contribution in [2.75, 3.05) is 19.0 Å². The Morgan fingerprint density at radius 2 is 1.76 bits per heavy atom. The maximum absolute atomic E-state index is 12.9. The fraction of sp³-hybridized carbons (Fsp3) is 0.115. The van der Waals surface area contributed by atoms with Crippen LogP contribution in [0.2, 0.25) is 15.1 Å². The predicted octanol–water partition coefficient (Wildman–Crippen LogP) is 6.91. The Hall–Kier alpha value is -3.17. The minimum absolute atomic E-state index is 0.0563. The largest absolute Gasteiger partial charge is 0.493 e. The van der Waals surface area contributed by atoms with E-state index in [1.54, 1.807) is 60.7 Å². The topological polar surface area (TPSA) is 84.9 Å². The van der Waals surface area contributed by atoms with Crippen molar-refractivity contribution in [3.63, 3.8) is 0 Å². The highest BCUT2D eigenvalue weighted by Gasteiger charge is 2.35. The third-order valence-electron chi connectivity index (χ3n) is 5.15. The molecule has 0 aromatic heterocycles. The average Bonchev–Trinajstić information content (AvgIpc) is 3.13. The van der Waals surface area contributed by atoms with E-state index in [-0.39, 0.29) is 40.5 Å². The van der Waals surface area contributed by atoms with Gasteiger partial charge in [0, 0.05) is 5.69 Å². The quantitative estimate of drug-likeness (QED) is 0.293. The number of para-hydroxylation sites is 1. The number of halogens is 3. The Kier molecular flexibility index (Phi) is 8.66. The van der Waals surface area contributed by atoms with Crippen LogP contribution in [0.15, 0.2) is 65.6 Å². The van der Waals surface area contributed by atoms with E-state index in [4.69, 9.17) is 44.3 Å². The molecule has 1 N–H and O–H groups in total. The van der Waals surface area contributed by atoms with Crippen molar-refractivity contribution < 1.29 is 23.9 Å². The molecular weight excluding hydrogens is 559 g/mol. The van der Waals surface area contributed by atoms with Crippen LogP contribution in [0.25, 0.3) is 6.08 Å². The summed E-state index contributed by atoms with van der Waals surface area (Å²) in [6, 6.07) is 17.0. The highest BCUT2D eigenvalue weighted by atomic mass is 35.5. The molecule has 1 saturated heterocycles. The zero-order valence-corrected chi connectivity index (χ0v) is 22.4. The number of rotatable bonds is 8. The maximum Gasteiger partial charge on any atom is 0.293 e. The standard InChI is InChI=1S/C26H19Cl3N2O5S/c1-35-21-11-16(10-20(29)24(21)36-14-23(32)30-17-5-3-2-4-6-17)12-22-25(33)31(26(34)37-22)13-15-7-8-18(27)19(28)9-15/h2-12H,13-14H2,1H3,(H,30,32)/b22-12-. The van der Waals surface area contributed by atoms with Gasteiger partial charge in [0.25, 0.3) is 17.1 Å². The van der Waals surface area contributed by atoms with Crippen molar-refractivity contribution in [2.45, 2.75) is 6.54 Å². The highest BCUT2D eigenvalue weighted by Crippen LogP contribution is 2.39. The van der Waals surface area contributed by atoms with Gasteiger partial charge in [-0.1, -0.05) is 59.1 Å². The molecule has 1 heterocycles. The summed E-state index contributed by atoms with van der Waals surface area (Å²) in [4.78, 5) is 39.0. The summed E-state index contributed by atoms with van der Waals surface area (Å²) < 4.78 is 11.0. The van der Waals surface area contributed by atoms with Crippen molar-refractivity contribution in [2.24, 2.45) is 0 Å². The van der Waals surface area contributed by atoms with Gasteiger partial charge in [-0.15, -0.1) is 0 Å². The van der Waals surface area contributed by atoms with Gasteiger partial charge >= 0.3 is 0 Å². The first-order chi connectivity index (χ1) is 17.7. The minimum atomic E-state index is -0.450. The van der Waals surface area contributed by atoms with Gasteiger partial charge in [0.15, 0.2) is 18.1 Å². The molecule has 0 aliphatic carbocycles. The van der Waals surface area contributed by atoms with E-state index >= 15 is 0 Å². The number of nitrogens with zero attached hydrogens (tertiary/aromatic N) is 1. The molecule has 0 saturated carbocycles. The van der Waals surface area contributed by atoms with Crippen LogP contribution in [0, 0.1) is 0 Å². The SMILES string of the molecule is COc1cc(/C=C2\SC(=O)N(Cc3ccc(Cl)c(Cl)c3)C2=O)cc(Cl)c1OCC(=O)Nc1ccccc1. The molecule has 4 rings (SSSR count). The molecular formula is C26H19Cl3N2O5S. The van der Waals surface area contributed by atoms with E-state index in [9.17, 15) is 14.4 Å². The maximum atomic E-state index is 12.9. The summed E-state index contributed by atoms with van der Waals surface area (Å²) in [5.74, 6) is -0.378. The lowest BCUT2D eigenvalue weighted by molar-refractivity contribution is -0.123. The number of nitrogens with one attached hydrogen (secondary N) is 1. The second kappa shape index (κ2) is 11.9. The smallest absolute Gasteiger partial charge is 0.293 e. The fourth-order valence-electron chi connectivity index (χ4n) is 3.43. The van der Waals surface area contributed by atoms with E-state index in [2.05, 4.69) is 5.32 Å². The molecule has 0 bridgehead atoms. The van der Waals surface area contributed by atoms with Gasteiger partial charge in [-0.25, -0.2) is 0 Å². The third-order valence-corrected chi connectivity index (χ3v) is 7.08. The molecule has 11 heteroatoms. The number of amides is 3. The van der Waals surface area contributed by atoms with Crippen LogP contribution in [-0.2, 0) is 16.1 Å². The van der Waals surface area contributed by atoms with Crippen LogP contribution in [0.1, 0.15) is 11.1 Å². The van der Waals surface area contributed by atoms with Gasteiger partial charge in [0.2, 0.25) is 0 Å². The summed E-state index contributed by atoms with van der Waals surface area (Å²) in [5, 5.41) is 3.20. The Balaban J connectivity index is 1.47. The Morgan fingerprint density at radius 3 is 2.46 bits per heavy atom. The number of hydrogen-bond donors (Lipinski definition) is 1. The van der Waals surface area contributed by atoms with Crippen LogP contribution in [0.5, 0.6) is 11.5 Å². The highest BCUT2D eigenvalue weighted by molar-refractivity contribution is 8.18. The average molecular weight is 578 g/mol. The van der Waals surface area contributed by atoms with Gasteiger partial charge in [0.05, 0.1) is 33.6 Å². The number of imide groups is 1. The number of anilines is 1. The Labute approximate surface area is 232 Å². The molecule has 0 radical (unpaired) electrons. The van der Waals surface area contributed by atoms with Crippen molar-refractivity contribution in [3.05, 3.63) is 91.8 Å². The number of carbonyl (C=O) groups excluding carboxylic acids is 3. The third kappa shape index (κ3) is 6.59. The molecule has 1 aliphatic heterocycles. The van der Waals surface area contributed by atoms with E-state index in [0.29, 0.717) is 26.9 Å². The second-order valence-corrected chi connectivity index (χ2v) is 9.97. The molecule has 1 aliphatic rings. The number of thioether (sulfide) groups is 1. The first kappa shape index (κ1) is 26.9. The molecule has 3 aromatic rings. The summed E-state index contributed by atoms with van der Waals surface area (Å²) >= 11 is 19.2. The zero-order chi connectivity index (χ0) is 26.5. The fourth-order valence-corrected chi connectivity index (χ4v) is 4.86. The molecule has 0 spiro atoms. The first-order valence-electron chi connectivity index (χ1n) is 10.8. The van der Waals surface area contributed by atoms with Crippen LogP contribution in [0.4, 0.5) is 10.5 Å². The lowest BCUT2D eigenvalue weighted by Gasteiger charge is -2.14. The Bertz CT molecular complexity index is 1400. The summed E-state index contributed by atoms with van der Waals surface area (Å²) in [5.41, 5.74) is 1.82. The number of carbonyl (C=O) groups is 3. The van der Waals surface area contributed by atoms with Gasteiger partial charge in [-0.3, -0.25) is 19.3 Å². The number of hydrogen-bond acceptors (Lipinski definition) is 6. The van der Waals surface area contributed by atoms with Crippen LogP contribution in [-0.4, -0.2) is 35.7 Å². The molecule has 1 fully saturated rings. The van der Waals surface area contributed by atoms with Crippen molar-refractivity contribution >= 4 is 75.4 Å². The van der Waals surface area contributed by atoms with Crippen LogP contribution >= 0.6 is 46.6 Å². The van der Waals surface area contributed by atoms with E-state index in [1.165, 1.54) is 7.11 Å². The molecule has 0 atom stereocenters. The summed E-state index contributed by atoms with van der Waals surface area (Å²) in [6.07, 6.45) is 1.54. The van der Waals surface area contributed by atoms with Gasteiger partial charge in [-0.2, -0.15) is 0 Å². The predicted molar refractivity (Wildman–Crippen MR) is 147 cm³/mol. The van der Waals surface area contributed by atoms with Crippen molar-refractivity contribution in [1.29, 1.82) is 0 Å². The van der Waals surface area contributed by atoms with E-state index < -0.39 is 11.1 Å². The van der Waals surface area contributed by atoms with E-state index in [1.807, 2.05) is 6.07 Å². The normalized spacial score (nSPS) is 14.3. The van der Waals surface area contributed by atoms with Gasteiger partial charge < -0.3 is 14.8 Å². The summed E-state index contributed by atoms with van der Waals surface area (Å²) in [6.45, 7) is -0.237. The monoisotopic (exact) mass is 576 g/mol. The lowest BCUT2D eigenvalue weighted by Crippen LogP contribution is -2.27. The minimum Gasteiger partial charge on any atom is -0.493 e. The lowest BCUT2D eigenvalue weighted by atomic mass is 10.1. The molecule has 37 heavy (non-hydrogen) atoms. The molecule has 3 aromatic carbocycles. The molecule has 190 valence electrons. The summed E-state index contributed by atoms with van der Waals surface area (Å²) in [7, 11) is 1.43. The Morgan fingerprint density at radius 1 is 1.00 bits per heavy atom. The molecule has 7 nitrogen and oxygen atoms in total. The van der Waals surface area contributed by atoms with Crippen molar-refractivity contribution in [1.82, 2.24) is 4.90 Å². The second-order valence-electron chi connectivity index (χ2n) is 7.75. The zero-order valence-electron chi connectivity index (χ0n) is 19.3. The molecule has 0 unspecified atom stereocenters. The first-order valence-corrected chi connectivity index (χ1v) is 12.7. The van der Waals surface area contributed by atoms with Crippen LogP contribution < -0.4 is 14.8 Å².